The quantitative estimate of drug-likeness (QED) is 0.510. The highest BCUT2D eigenvalue weighted by molar-refractivity contribution is 7.94. The largest absolute Gasteiger partial charge is 0.366 e. The summed E-state index contributed by atoms with van der Waals surface area (Å²) in [5.41, 5.74) is 7.36. The van der Waals surface area contributed by atoms with Crippen molar-refractivity contribution in [1.29, 1.82) is 0 Å². The lowest BCUT2D eigenvalue weighted by Crippen LogP contribution is -2.25. The smallest absolute Gasteiger partial charge is 0.271 e. The molecule has 0 radical (unpaired) electrons. The Bertz CT molecular complexity index is 1110. The summed E-state index contributed by atoms with van der Waals surface area (Å²) in [5, 5.41) is 4.48. The number of hydrogen-bond acceptors (Lipinski definition) is 5. The van der Waals surface area contributed by atoms with Gasteiger partial charge in [0, 0.05) is 23.4 Å². The van der Waals surface area contributed by atoms with Gasteiger partial charge in [-0.1, -0.05) is 18.2 Å². The molecular weight excluding hydrogens is 410 g/mol. The van der Waals surface area contributed by atoms with E-state index >= 15 is 0 Å². The van der Waals surface area contributed by atoms with Crippen LogP contribution in [0, 0.1) is 0 Å². The van der Waals surface area contributed by atoms with E-state index in [1.54, 1.807) is 41.8 Å². The van der Waals surface area contributed by atoms with Gasteiger partial charge in [-0.15, -0.1) is 11.3 Å². The average Bonchev–Trinajstić information content (AvgIpc) is 3.24. The zero-order valence-corrected chi connectivity index (χ0v) is 16.9. The summed E-state index contributed by atoms with van der Waals surface area (Å²) in [5.74, 6) is -0.769. The highest BCUT2D eigenvalue weighted by Gasteiger charge is 2.15. The molecule has 0 aliphatic rings. The van der Waals surface area contributed by atoms with Gasteiger partial charge in [-0.3, -0.25) is 14.3 Å². The van der Waals surface area contributed by atoms with Crippen LogP contribution >= 0.6 is 11.3 Å². The van der Waals surface area contributed by atoms with Crippen LogP contribution in [0.4, 0.5) is 5.69 Å². The molecule has 0 unspecified atom stereocenters. The summed E-state index contributed by atoms with van der Waals surface area (Å²) in [6.07, 6.45) is 0.547. The van der Waals surface area contributed by atoms with Gasteiger partial charge in [0.05, 0.1) is 0 Å². The maximum atomic E-state index is 12.3. The molecule has 3 rings (SSSR count). The Labute approximate surface area is 172 Å². The molecule has 0 saturated carbocycles. The lowest BCUT2D eigenvalue weighted by atomic mass is 10.1. The number of carbonyl (C=O) groups excluding carboxylic acids is 2. The van der Waals surface area contributed by atoms with E-state index in [0.717, 1.165) is 16.9 Å². The number of rotatable bonds is 8. The van der Waals surface area contributed by atoms with E-state index in [0.29, 0.717) is 29.8 Å². The Kier molecular flexibility index (Phi) is 6.30. The number of nitrogens with one attached hydrogen (secondary N) is 2. The normalized spacial score (nSPS) is 11.0. The number of amides is 2. The van der Waals surface area contributed by atoms with Crippen molar-refractivity contribution in [3.63, 3.8) is 0 Å². The van der Waals surface area contributed by atoms with Crippen LogP contribution in [0.3, 0.4) is 0 Å². The molecule has 0 bridgehead atoms. The Morgan fingerprint density at radius 2 is 1.72 bits per heavy atom. The molecule has 3 aromatic rings. The third-order valence-corrected chi connectivity index (χ3v) is 6.85. The van der Waals surface area contributed by atoms with Crippen LogP contribution in [0.5, 0.6) is 0 Å². The first-order chi connectivity index (χ1) is 13.8. The van der Waals surface area contributed by atoms with Gasteiger partial charge < -0.3 is 11.1 Å². The SMILES string of the molecule is NC(=O)c1cccc(CCNC(=O)c2ccc(NS(=O)(=O)c3cccs3)cc2)c1. The summed E-state index contributed by atoms with van der Waals surface area (Å²) in [6.45, 7) is 0.383. The van der Waals surface area contributed by atoms with Gasteiger partial charge in [0.25, 0.3) is 15.9 Å². The summed E-state index contributed by atoms with van der Waals surface area (Å²) in [4.78, 5) is 23.5. The molecule has 150 valence electrons. The van der Waals surface area contributed by atoms with Crippen molar-refractivity contribution >= 4 is 38.9 Å². The van der Waals surface area contributed by atoms with Crippen LogP contribution in [-0.2, 0) is 16.4 Å². The number of anilines is 1. The zero-order chi connectivity index (χ0) is 20.9. The highest BCUT2D eigenvalue weighted by Crippen LogP contribution is 2.20. The van der Waals surface area contributed by atoms with Gasteiger partial charge in [-0.05, 0) is 59.8 Å². The lowest BCUT2D eigenvalue weighted by Gasteiger charge is -2.08. The summed E-state index contributed by atoms with van der Waals surface area (Å²) in [7, 11) is -3.62. The van der Waals surface area contributed by atoms with E-state index in [1.807, 2.05) is 6.07 Å². The molecule has 4 N–H and O–H groups in total. The fourth-order valence-electron chi connectivity index (χ4n) is 2.61. The molecule has 0 spiro atoms. The number of carbonyl (C=O) groups is 2. The van der Waals surface area contributed by atoms with Crippen LogP contribution in [0.15, 0.2) is 70.3 Å². The van der Waals surface area contributed by atoms with Crippen LogP contribution < -0.4 is 15.8 Å². The van der Waals surface area contributed by atoms with E-state index in [1.165, 1.54) is 18.2 Å². The third kappa shape index (κ3) is 5.43. The molecule has 2 aromatic carbocycles. The van der Waals surface area contributed by atoms with E-state index in [2.05, 4.69) is 10.0 Å². The van der Waals surface area contributed by atoms with E-state index in [9.17, 15) is 18.0 Å². The summed E-state index contributed by atoms with van der Waals surface area (Å²) >= 11 is 1.13. The number of thiophene rings is 1. The van der Waals surface area contributed by atoms with Crippen molar-refractivity contribution in [2.75, 3.05) is 11.3 Å². The van der Waals surface area contributed by atoms with E-state index in [-0.39, 0.29) is 10.1 Å². The molecule has 0 saturated heterocycles. The first-order valence-corrected chi connectivity index (χ1v) is 11.0. The predicted molar refractivity (Wildman–Crippen MR) is 113 cm³/mol. The molecule has 0 atom stereocenters. The fraction of sp³-hybridized carbons (Fsp3) is 0.100. The monoisotopic (exact) mass is 429 g/mol. The molecule has 1 aromatic heterocycles. The van der Waals surface area contributed by atoms with Crippen molar-refractivity contribution < 1.29 is 18.0 Å². The Balaban J connectivity index is 1.55. The minimum absolute atomic E-state index is 0.222. The zero-order valence-electron chi connectivity index (χ0n) is 15.3. The van der Waals surface area contributed by atoms with Crippen molar-refractivity contribution in [1.82, 2.24) is 5.32 Å². The van der Waals surface area contributed by atoms with Gasteiger partial charge in [0.15, 0.2) is 0 Å². The third-order valence-electron chi connectivity index (χ3n) is 4.07. The number of benzene rings is 2. The molecular formula is C20H19N3O4S2. The summed E-state index contributed by atoms with van der Waals surface area (Å²) in [6, 6.07) is 16.3. The van der Waals surface area contributed by atoms with Crippen LogP contribution in [0.2, 0.25) is 0 Å². The number of primary amides is 1. The van der Waals surface area contributed by atoms with Crippen LogP contribution in [-0.4, -0.2) is 26.8 Å². The molecule has 2 amide bonds. The molecule has 9 heteroatoms. The molecule has 1 heterocycles. The summed E-state index contributed by atoms with van der Waals surface area (Å²) < 4.78 is 27.1. The van der Waals surface area contributed by atoms with Gasteiger partial charge in [-0.25, -0.2) is 8.42 Å². The second-order valence-electron chi connectivity index (χ2n) is 6.19. The lowest BCUT2D eigenvalue weighted by molar-refractivity contribution is 0.0952. The Hall–Kier alpha value is -3.17. The Morgan fingerprint density at radius 1 is 0.966 bits per heavy atom. The van der Waals surface area contributed by atoms with Crippen molar-refractivity contribution in [2.45, 2.75) is 10.6 Å². The standard InChI is InChI=1S/C20H19N3O4S2/c21-19(24)16-4-1-3-14(13-16)10-11-22-20(25)15-6-8-17(9-7-15)23-29(26,27)18-5-2-12-28-18/h1-9,12-13,23H,10-11H2,(H2,21,24)(H,22,25). The molecule has 29 heavy (non-hydrogen) atoms. The van der Waals surface area contributed by atoms with Crippen molar-refractivity contribution in [3.05, 3.63) is 82.7 Å². The number of nitrogens with two attached hydrogens (primary N) is 1. The second-order valence-corrected chi connectivity index (χ2v) is 9.04. The molecule has 0 fully saturated rings. The molecule has 0 aliphatic heterocycles. The highest BCUT2D eigenvalue weighted by atomic mass is 32.2. The van der Waals surface area contributed by atoms with Gasteiger partial charge >= 0.3 is 0 Å². The number of sulfonamides is 1. The van der Waals surface area contributed by atoms with Crippen molar-refractivity contribution in [3.8, 4) is 0 Å². The van der Waals surface area contributed by atoms with Gasteiger partial charge in [-0.2, -0.15) is 0 Å². The predicted octanol–water partition coefficient (Wildman–Crippen LogP) is 2.62. The van der Waals surface area contributed by atoms with Crippen LogP contribution in [0.25, 0.3) is 0 Å². The van der Waals surface area contributed by atoms with E-state index < -0.39 is 15.9 Å². The maximum Gasteiger partial charge on any atom is 0.271 e. The fourth-order valence-corrected chi connectivity index (χ4v) is 4.67. The minimum Gasteiger partial charge on any atom is -0.366 e. The molecule has 7 nitrogen and oxygen atoms in total. The topological polar surface area (TPSA) is 118 Å². The molecule has 0 aliphatic carbocycles. The van der Waals surface area contributed by atoms with Crippen LogP contribution in [0.1, 0.15) is 26.3 Å². The Morgan fingerprint density at radius 3 is 2.38 bits per heavy atom. The second kappa shape index (κ2) is 8.89. The van der Waals surface area contributed by atoms with Gasteiger partial charge in [0.2, 0.25) is 5.91 Å². The maximum absolute atomic E-state index is 12.3. The number of hydrogen-bond donors (Lipinski definition) is 3. The first-order valence-electron chi connectivity index (χ1n) is 8.68. The first kappa shape index (κ1) is 20.6. The van der Waals surface area contributed by atoms with Gasteiger partial charge in [0.1, 0.15) is 4.21 Å². The van der Waals surface area contributed by atoms with Crippen molar-refractivity contribution in [2.24, 2.45) is 5.73 Å². The average molecular weight is 430 g/mol. The van der Waals surface area contributed by atoms with E-state index in [4.69, 9.17) is 5.73 Å². The minimum atomic E-state index is -3.62.